The van der Waals surface area contributed by atoms with Crippen molar-refractivity contribution in [2.45, 2.75) is 12.2 Å². The van der Waals surface area contributed by atoms with E-state index in [4.69, 9.17) is 0 Å². The Morgan fingerprint density at radius 3 is 2.71 bits per heavy atom. The van der Waals surface area contributed by atoms with Gasteiger partial charge in [0.25, 0.3) is 0 Å². The molecule has 0 aromatic heterocycles. The monoisotopic (exact) mass is 259 g/mol. The SMILES string of the molecule is CNC(=O)CCS(=O)(=O)Cc1cccc(F)c1. The molecule has 94 valence electrons. The van der Waals surface area contributed by atoms with Crippen LogP contribution in [0.1, 0.15) is 12.0 Å². The number of hydrogen-bond donors (Lipinski definition) is 1. The summed E-state index contributed by atoms with van der Waals surface area (Å²) in [6.07, 6.45) is -0.0752. The van der Waals surface area contributed by atoms with Gasteiger partial charge in [-0.25, -0.2) is 12.8 Å². The predicted molar refractivity (Wildman–Crippen MR) is 62.6 cm³/mol. The molecule has 0 radical (unpaired) electrons. The molecule has 0 aliphatic rings. The number of nitrogens with one attached hydrogen (secondary N) is 1. The Balaban J connectivity index is 2.64. The number of hydrogen-bond acceptors (Lipinski definition) is 3. The summed E-state index contributed by atoms with van der Waals surface area (Å²) in [5, 5.41) is 2.35. The maximum Gasteiger partial charge on any atom is 0.220 e. The first-order valence-electron chi connectivity index (χ1n) is 5.08. The van der Waals surface area contributed by atoms with E-state index in [1.807, 2.05) is 0 Å². The van der Waals surface area contributed by atoms with Crippen molar-refractivity contribution in [2.75, 3.05) is 12.8 Å². The molecule has 0 saturated carbocycles. The van der Waals surface area contributed by atoms with Gasteiger partial charge in [0.15, 0.2) is 9.84 Å². The van der Waals surface area contributed by atoms with Gasteiger partial charge < -0.3 is 5.32 Å². The number of carbonyl (C=O) groups excluding carboxylic acids is 1. The van der Waals surface area contributed by atoms with Gasteiger partial charge in [-0.1, -0.05) is 12.1 Å². The molecule has 4 nitrogen and oxygen atoms in total. The molecule has 0 saturated heterocycles. The fourth-order valence-corrected chi connectivity index (χ4v) is 2.65. The Bertz CT molecular complexity index is 499. The second kappa shape index (κ2) is 5.77. The Kier molecular flexibility index (Phi) is 4.62. The molecule has 1 aromatic rings. The van der Waals surface area contributed by atoms with Crippen LogP contribution in [0.2, 0.25) is 0 Å². The van der Waals surface area contributed by atoms with E-state index >= 15 is 0 Å². The summed E-state index contributed by atoms with van der Waals surface area (Å²) in [6, 6.07) is 5.43. The van der Waals surface area contributed by atoms with E-state index in [0.29, 0.717) is 5.56 Å². The molecular formula is C11H14FNO3S. The van der Waals surface area contributed by atoms with Crippen LogP contribution in [0.25, 0.3) is 0 Å². The quantitative estimate of drug-likeness (QED) is 0.853. The number of halogens is 1. The standard InChI is InChI=1S/C11H14FNO3S/c1-13-11(14)5-6-17(15,16)8-9-3-2-4-10(12)7-9/h2-4,7H,5-6,8H2,1H3,(H,13,14). The minimum Gasteiger partial charge on any atom is -0.359 e. The smallest absolute Gasteiger partial charge is 0.220 e. The van der Waals surface area contributed by atoms with Crippen molar-refractivity contribution in [3.63, 3.8) is 0 Å². The maximum atomic E-state index is 12.9. The zero-order valence-corrected chi connectivity index (χ0v) is 10.3. The lowest BCUT2D eigenvalue weighted by molar-refractivity contribution is -0.120. The molecule has 0 spiro atoms. The van der Waals surface area contributed by atoms with E-state index in [1.165, 1.54) is 25.2 Å². The molecule has 17 heavy (non-hydrogen) atoms. The zero-order chi connectivity index (χ0) is 12.9. The summed E-state index contributed by atoms with van der Waals surface area (Å²) in [5.41, 5.74) is 0.391. The molecule has 1 N–H and O–H groups in total. The lowest BCUT2D eigenvalue weighted by Crippen LogP contribution is -2.22. The summed E-state index contributed by atoms with van der Waals surface area (Å²) >= 11 is 0. The van der Waals surface area contributed by atoms with Gasteiger partial charge in [0.1, 0.15) is 5.82 Å². The highest BCUT2D eigenvalue weighted by Crippen LogP contribution is 2.09. The molecule has 0 heterocycles. The van der Waals surface area contributed by atoms with Gasteiger partial charge >= 0.3 is 0 Å². The molecule has 6 heteroatoms. The van der Waals surface area contributed by atoms with Gasteiger partial charge in [0.2, 0.25) is 5.91 Å². The van der Waals surface area contributed by atoms with E-state index < -0.39 is 15.7 Å². The minimum atomic E-state index is -3.38. The van der Waals surface area contributed by atoms with Crippen molar-refractivity contribution in [2.24, 2.45) is 0 Å². The lowest BCUT2D eigenvalue weighted by Gasteiger charge is -2.04. The van der Waals surface area contributed by atoms with Crippen LogP contribution in [-0.4, -0.2) is 27.1 Å². The highest BCUT2D eigenvalue weighted by Gasteiger charge is 2.14. The first-order valence-corrected chi connectivity index (χ1v) is 6.90. The van der Waals surface area contributed by atoms with Crippen molar-refractivity contribution >= 4 is 15.7 Å². The van der Waals surface area contributed by atoms with E-state index in [9.17, 15) is 17.6 Å². The van der Waals surface area contributed by atoms with Gasteiger partial charge in [0.05, 0.1) is 11.5 Å². The number of benzene rings is 1. The molecular weight excluding hydrogens is 245 g/mol. The summed E-state index contributed by atoms with van der Waals surface area (Å²) in [6.45, 7) is 0. The largest absolute Gasteiger partial charge is 0.359 e. The molecule has 0 bridgehead atoms. The molecule has 1 amide bonds. The first-order chi connectivity index (χ1) is 7.93. The Morgan fingerprint density at radius 1 is 1.41 bits per heavy atom. The number of rotatable bonds is 5. The van der Waals surface area contributed by atoms with Crippen LogP contribution in [0.4, 0.5) is 4.39 Å². The maximum absolute atomic E-state index is 12.9. The lowest BCUT2D eigenvalue weighted by atomic mass is 10.2. The van der Waals surface area contributed by atoms with Crippen LogP contribution in [0.3, 0.4) is 0 Å². The summed E-state index contributed by atoms with van der Waals surface area (Å²) in [7, 11) is -1.94. The molecule has 0 atom stereocenters. The first kappa shape index (κ1) is 13.6. The van der Waals surface area contributed by atoms with Crippen molar-refractivity contribution < 1.29 is 17.6 Å². The molecule has 0 fully saturated rings. The van der Waals surface area contributed by atoms with Crippen molar-refractivity contribution in [3.05, 3.63) is 35.6 Å². The molecule has 0 unspecified atom stereocenters. The Labute approximate surface area is 99.8 Å². The van der Waals surface area contributed by atoms with Gasteiger partial charge in [-0.05, 0) is 17.7 Å². The average Bonchev–Trinajstić information content (AvgIpc) is 2.25. The number of sulfone groups is 1. The van der Waals surface area contributed by atoms with Gasteiger partial charge in [-0.2, -0.15) is 0 Å². The van der Waals surface area contributed by atoms with Crippen LogP contribution in [-0.2, 0) is 20.4 Å². The van der Waals surface area contributed by atoms with E-state index in [1.54, 1.807) is 6.07 Å². The second-order valence-corrected chi connectivity index (χ2v) is 5.83. The third kappa shape index (κ3) is 4.95. The average molecular weight is 259 g/mol. The van der Waals surface area contributed by atoms with Crippen molar-refractivity contribution in [3.8, 4) is 0 Å². The van der Waals surface area contributed by atoms with Crippen LogP contribution in [0.15, 0.2) is 24.3 Å². The topological polar surface area (TPSA) is 63.2 Å². The summed E-state index contributed by atoms with van der Waals surface area (Å²) < 4.78 is 36.1. The fraction of sp³-hybridized carbons (Fsp3) is 0.364. The van der Waals surface area contributed by atoms with E-state index in [-0.39, 0.29) is 23.8 Å². The van der Waals surface area contributed by atoms with E-state index in [2.05, 4.69) is 5.32 Å². The van der Waals surface area contributed by atoms with Crippen LogP contribution >= 0.6 is 0 Å². The predicted octanol–water partition coefficient (Wildman–Crippen LogP) is 0.877. The van der Waals surface area contributed by atoms with Crippen LogP contribution < -0.4 is 5.32 Å². The Morgan fingerprint density at radius 2 is 2.12 bits per heavy atom. The van der Waals surface area contributed by atoms with Gasteiger partial charge in [-0.15, -0.1) is 0 Å². The number of carbonyl (C=O) groups is 1. The van der Waals surface area contributed by atoms with Crippen molar-refractivity contribution in [1.29, 1.82) is 0 Å². The van der Waals surface area contributed by atoms with E-state index in [0.717, 1.165) is 0 Å². The summed E-state index contributed by atoms with van der Waals surface area (Å²) in [5.74, 6) is -1.28. The molecule has 1 rings (SSSR count). The third-order valence-corrected chi connectivity index (χ3v) is 3.79. The zero-order valence-electron chi connectivity index (χ0n) is 9.44. The number of amides is 1. The van der Waals surface area contributed by atoms with Gasteiger partial charge in [0, 0.05) is 13.5 Å². The fourth-order valence-electron chi connectivity index (χ4n) is 1.33. The molecule has 1 aromatic carbocycles. The molecule has 0 aliphatic carbocycles. The van der Waals surface area contributed by atoms with Crippen LogP contribution in [0, 0.1) is 5.82 Å². The second-order valence-electron chi connectivity index (χ2n) is 3.65. The molecule has 0 aliphatic heterocycles. The highest BCUT2D eigenvalue weighted by atomic mass is 32.2. The normalized spacial score (nSPS) is 11.2. The van der Waals surface area contributed by atoms with Crippen molar-refractivity contribution in [1.82, 2.24) is 5.32 Å². The highest BCUT2D eigenvalue weighted by molar-refractivity contribution is 7.90. The Hall–Kier alpha value is -1.43. The van der Waals surface area contributed by atoms with Crippen LogP contribution in [0.5, 0.6) is 0 Å². The minimum absolute atomic E-state index is 0.0752. The van der Waals surface area contributed by atoms with Gasteiger partial charge in [-0.3, -0.25) is 4.79 Å². The third-order valence-electron chi connectivity index (χ3n) is 2.19. The summed E-state index contributed by atoms with van der Waals surface area (Å²) in [4.78, 5) is 10.9.